The van der Waals surface area contributed by atoms with Crippen LogP contribution in [0.1, 0.15) is 58.8 Å². The molecule has 5 nitrogen and oxygen atoms in total. The monoisotopic (exact) mass is 420 g/mol. The summed E-state index contributed by atoms with van der Waals surface area (Å²) in [6.07, 6.45) is 1.89. The van der Waals surface area contributed by atoms with E-state index in [2.05, 4.69) is 40.4 Å². The Morgan fingerprint density at radius 2 is 1.97 bits per heavy atom. The zero-order valence-electron chi connectivity index (χ0n) is 18.6. The van der Waals surface area contributed by atoms with Crippen LogP contribution in [0.15, 0.2) is 43.0 Å². The van der Waals surface area contributed by atoms with Crippen LogP contribution in [-0.4, -0.2) is 37.2 Å². The zero-order chi connectivity index (χ0) is 21.9. The number of ether oxygens (including phenoxy) is 2. The van der Waals surface area contributed by atoms with Crippen molar-refractivity contribution in [1.29, 1.82) is 0 Å². The second kappa shape index (κ2) is 9.12. The first kappa shape index (κ1) is 23.8. The summed E-state index contributed by atoms with van der Waals surface area (Å²) in [7, 11) is -2.08. The molecular formula is C23H36O5Si. The Hall–Kier alpha value is -1.47. The van der Waals surface area contributed by atoms with E-state index in [4.69, 9.17) is 13.9 Å². The van der Waals surface area contributed by atoms with Gasteiger partial charge in [0.1, 0.15) is 6.10 Å². The van der Waals surface area contributed by atoms with Gasteiger partial charge >= 0.3 is 5.97 Å². The van der Waals surface area contributed by atoms with E-state index in [1.54, 1.807) is 6.08 Å². The molecule has 0 bridgehead atoms. The highest BCUT2D eigenvalue weighted by Gasteiger charge is 2.46. The van der Waals surface area contributed by atoms with Gasteiger partial charge in [-0.2, -0.15) is 0 Å². The highest BCUT2D eigenvalue weighted by Crippen LogP contribution is 2.43. The van der Waals surface area contributed by atoms with Gasteiger partial charge in [0.15, 0.2) is 14.6 Å². The highest BCUT2D eigenvalue weighted by molar-refractivity contribution is 6.74. The molecule has 29 heavy (non-hydrogen) atoms. The molecule has 1 aliphatic rings. The number of carboxylic acid groups (broad SMARTS) is 1. The first-order chi connectivity index (χ1) is 13.4. The lowest BCUT2D eigenvalue weighted by Gasteiger charge is -2.39. The summed E-state index contributed by atoms with van der Waals surface area (Å²) in [6, 6.07) is 9.82. The molecule has 162 valence electrons. The van der Waals surface area contributed by atoms with E-state index in [0.29, 0.717) is 12.8 Å². The maximum Gasteiger partial charge on any atom is 0.305 e. The van der Waals surface area contributed by atoms with Crippen LogP contribution in [0.5, 0.6) is 0 Å². The van der Waals surface area contributed by atoms with Crippen molar-refractivity contribution in [1.82, 2.24) is 0 Å². The summed E-state index contributed by atoms with van der Waals surface area (Å²) < 4.78 is 18.8. The molecular weight excluding hydrogens is 384 g/mol. The molecule has 0 aliphatic carbocycles. The average molecular weight is 421 g/mol. The van der Waals surface area contributed by atoms with Crippen molar-refractivity contribution in [3.05, 3.63) is 48.6 Å². The van der Waals surface area contributed by atoms with Crippen LogP contribution < -0.4 is 0 Å². The molecule has 1 saturated heterocycles. The number of carboxylic acids is 1. The fourth-order valence-electron chi connectivity index (χ4n) is 3.32. The van der Waals surface area contributed by atoms with Gasteiger partial charge in [-0.05, 0) is 37.9 Å². The molecule has 0 radical (unpaired) electrons. The van der Waals surface area contributed by atoms with Crippen molar-refractivity contribution in [2.45, 2.75) is 89.2 Å². The van der Waals surface area contributed by atoms with E-state index in [9.17, 15) is 9.90 Å². The Bertz CT molecular complexity index is 697. The number of hydrogen-bond acceptors (Lipinski definition) is 4. The molecule has 1 fully saturated rings. The van der Waals surface area contributed by atoms with Crippen molar-refractivity contribution in [2.75, 3.05) is 0 Å². The number of rotatable bonds is 9. The molecule has 0 saturated carbocycles. The van der Waals surface area contributed by atoms with Crippen LogP contribution in [0.2, 0.25) is 18.1 Å². The smallest absolute Gasteiger partial charge is 0.305 e. The highest BCUT2D eigenvalue weighted by atomic mass is 28.4. The van der Waals surface area contributed by atoms with Gasteiger partial charge in [0, 0.05) is 5.56 Å². The number of aliphatic carboxylic acids is 1. The third kappa shape index (κ3) is 6.01. The molecule has 1 aromatic rings. The summed E-state index contributed by atoms with van der Waals surface area (Å²) in [5, 5.41) is 9.41. The van der Waals surface area contributed by atoms with E-state index in [-0.39, 0.29) is 23.7 Å². The molecule has 6 heteroatoms. The average Bonchev–Trinajstić information content (AvgIpc) is 2.96. The maximum atomic E-state index is 11.4. The second-order valence-electron chi connectivity index (χ2n) is 9.60. The van der Waals surface area contributed by atoms with Crippen LogP contribution >= 0.6 is 0 Å². The van der Waals surface area contributed by atoms with Gasteiger partial charge in [-0.1, -0.05) is 57.2 Å². The summed E-state index contributed by atoms with van der Waals surface area (Å²) in [4.78, 5) is 11.4. The third-order valence-electron chi connectivity index (χ3n) is 6.17. The van der Waals surface area contributed by atoms with Gasteiger partial charge in [-0.15, -0.1) is 6.58 Å². The lowest BCUT2D eigenvalue weighted by atomic mass is 9.91. The summed E-state index contributed by atoms with van der Waals surface area (Å²) in [5.74, 6) is -0.843. The fraction of sp³-hybridized carbons (Fsp3) is 0.609. The van der Waals surface area contributed by atoms with Crippen molar-refractivity contribution in [2.24, 2.45) is 0 Å². The number of carbonyl (C=O) groups is 1. The number of hydrogen-bond donors (Lipinski definition) is 1. The summed E-state index contributed by atoms with van der Waals surface area (Å²) in [5.41, 5.74) is 0.373. The fourth-order valence-corrected chi connectivity index (χ4v) is 4.71. The van der Waals surface area contributed by atoms with Crippen LogP contribution in [0.25, 0.3) is 0 Å². The number of benzene rings is 1. The minimum absolute atomic E-state index is 0.00961. The van der Waals surface area contributed by atoms with Crippen molar-refractivity contribution in [3.8, 4) is 0 Å². The Morgan fingerprint density at radius 1 is 1.34 bits per heavy atom. The Morgan fingerprint density at radius 3 is 2.48 bits per heavy atom. The molecule has 4 atom stereocenters. The van der Waals surface area contributed by atoms with Crippen molar-refractivity contribution in [3.63, 3.8) is 0 Å². The van der Waals surface area contributed by atoms with E-state index in [1.807, 2.05) is 37.3 Å². The van der Waals surface area contributed by atoms with E-state index < -0.39 is 26.2 Å². The van der Waals surface area contributed by atoms with Crippen LogP contribution in [0.3, 0.4) is 0 Å². The Kier molecular flexibility index (Phi) is 7.49. The van der Waals surface area contributed by atoms with Crippen LogP contribution in [0, 0.1) is 0 Å². The molecule has 1 aromatic carbocycles. The van der Waals surface area contributed by atoms with Gasteiger partial charge < -0.3 is 19.0 Å². The van der Waals surface area contributed by atoms with Gasteiger partial charge in [-0.3, -0.25) is 4.79 Å². The first-order valence-corrected chi connectivity index (χ1v) is 13.2. The molecule has 2 rings (SSSR count). The Labute approximate surface area is 176 Å². The first-order valence-electron chi connectivity index (χ1n) is 10.3. The van der Waals surface area contributed by atoms with E-state index in [1.165, 1.54) is 0 Å². The van der Waals surface area contributed by atoms with Gasteiger partial charge in [0.25, 0.3) is 0 Å². The van der Waals surface area contributed by atoms with Crippen LogP contribution in [-0.2, 0) is 18.7 Å². The minimum Gasteiger partial charge on any atom is -0.481 e. The standard InChI is InChI=1S/C23H36O5Si/c1-8-19-23(5,27-21(26-19)17-12-10-9-11-13-17)15-14-18(16-20(24)25)28-29(6,7)22(2,3)4/h8-13,18-19,21H,1,14-16H2,2-7H3,(H,24,25)/t18-,19?,21?,23?/m1/s1. The van der Waals surface area contributed by atoms with E-state index >= 15 is 0 Å². The summed E-state index contributed by atoms with van der Waals surface area (Å²) >= 11 is 0. The molecule has 0 spiro atoms. The second-order valence-corrected chi connectivity index (χ2v) is 14.4. The largest absolute Gasteiger partial charge is 0.481 e. The van der Waals surface area contributed by atoms with Gasteiger partial charge in [0.05, 0.1) is 18.1 Å². The normalized spacial score (nSPS) is 26.3. The van der Waals surface area contributed by atoms with Crippen molar-refractivity contribution < 1.29 is 23.8 Å². The predicted molar refractivity (Wildman–Crippen MR) is 117 cm³/mol. The molecule has 1 heterocycles. The minimum atomic E-state index is -2.08. The topological polar surface area (TPSA) is 65.0 Å². The Balaban J connectivity index is 2.11. The summed E-state index contributed by atoms with van der Waals surface area (Å²) in [6.45, 7) is 16.7. The lowest BCUT2D eigenvalue weighted by molar-refractivity contribution is -0.139. The van der Waals surface area contributed by atoms with E-state index in [0.717, 1.165) is 5.56 Å². The lowest BCUT2D eigenvalue weighted by Crippen LogP contribution is -2.45. The molecule has 0 amide bonds. The van der Waals surface area contributed by atoms with Crippen LogP contribution in [0.4, 0.5) is 0 Å². The predicted octanol–water partition coefficient (Wildman–Crippen LogP) is 5.69. The third-order valence-corrected chi connectivity index (χ3v) is 10.7. The van der Waals surface area contributed by atoms with Gasteiger partial charge in [-0.25, -0.2) is 0 Å². The maximum absolute atomic E-state index is 11.4. The zero-order valence-corrected chi connectivity index (χ0v) is 19.6. The molecule has 3 unspecified atom stereocenters. The SMILES string of the molecule is C=CC1OC(c2ccccc2)OC1(C)CC[C@H](CC(=O)O)O[Si](C)(C)C(C)(C)C. The quantitative estimate of drug-likeness (QED) is 0.411. The van der Waals surface area contributed by atoms with Gasteiger partial charge in [0.2, 0.25) is 0 Å². The molecule has 1 aliphatic heterocycles. The van der Waals surface area contributed by atoms with Crippen molar-refractivity contribution >= 4 is 14.3 Å². The molecule has 1 N–H and O–H groups in total. The molecule has 0 aromatic heterocycles.